The molecule has 0 heterocycles. The third-order valence-corrected chi connectivity index (χ3v) is 6.73. The first kappa shape index (κ1) is 23.6. The zero-order valence-corrected chi connectivity index (χ0v) is 18.9. The van der Waals surface area contributed by atoms with E-state index in [0.29, 0.717) is 26.1 Å². The molecular formula is C22H25N2O2PS2. The Kier molecular flexibility index (Phi) is 10.4. The number of rotatable bonds is 12. The molecule has 0 amide bonds. The summed E-state index contributed by atoms with van der Waals surface area (Å²) in [7, 11) is 0. The Morgan fingerprint density at radius 1 is 0.690 bits per heavy atom. The van der Waals surface area contributed by atoms with E-state index < -0.39 is 5.69 Å². The van der Waals surface area contributed by atoms with Crippen LogP contribution in [0.25, 0.3) is 0 Å². The summed E-state index contributed by atoms with van der Waals surface area (Å²) < 4.78 is 11.4. The Balaban J connectivity index is 1.68. The smallest absolute Gasteiger partial charge is 0.244 e. The lowest BCUT2D eigenvalue weighted by atomic mass is 10.1. The Labute approximate surface area is 183 Å². The lowest BCUT2D eigenvalue weighted by molar-refractivity contribution is 0.264. The maximum Gasteiger partial charge on any atom is 0.244 e. The van der Waals surface area contributed by atoms with E-state index >= 15 is 0 Å². The van der Waals surface area contributed by atoms with Gasteiger partial charge in [-0.15, -0.1) is 0 Å². The zero-order valence-electron chi connectivity index (χ0n) is 16.3. The second kappa shape index (κ2) is 12.8. The fourth-order valence-electron chi connectivity index (χ4n) is 2.74. The molecule has 152 valence electrons. The van der Waals surface area contributed by atoms with E-state index in [-0.39, 0.29) is 0 Å². The summed E-state index contributed by atoms with van der Waals surface area (Å²) in [6.45, 7) is 0.928. The summed E-state index contributed by atoms with van der Waals surface area (Å²) in [5.41, 5.74) is 2.08. The van der Waals surface area contributed by atoms with Gasteiger partial charge in [-0.05, 0) is 59.7 Å². The predicted molar refractivity (Wildman–Crippen MR) is 123 cm³/mol. The van der Waals surface area contributed by atoms with Crippen molar-refractivity contribution in [1.29, 1.82) is 10.5 Å². The Bertz CT molecular complexity index is 816. The normalized spacial score (nSPS) is 11.0. The highest BCUT2D eigenvalue weighted by Crippen LogP contribution is 2.53. The first-order valence-electron chi connectivity index (χ1n) is 9.54. The van der Waals surface area contributed by atoms with Gasteiger partial charge in [0, 0.05) is 12.8 Å². The average Bonchev–Trinajstić information content (AvgIpc) is 2.72. The molecule has 0 aliphatic carbocycles. The van der Waals surface area contributed by atoms with E-state index in [2.05, 4.69) is 48.7 Å². The molecule has 2 rings (SSSR count). The molecule has 0 saturated heterocycles. The van der Waals surface area contributed by atoms with E-state index in [0.717, 1.165) is 47.9 Å². The van der Waals surface area contributed by atoms with Crippen molar-refractivity contribution in [2.45, 2.75) is 38.5 Å². The van der Waals surface area contributed by atoms with Gasteiger partial charge < -0.3 is 9.05 Å². The predicted octanol–water partition coefficient (Wildman–Crippen LogP) is 5.57. The van der Waals surface area contributed by atoms with Gasteiger partial charge in [-0.2, -0.15) is 10.5 Å². The van der Waals surface area contributed by atoms with Crippen LogP contribution in [0, 0.1) is 22.7 Å². The van der Waals surface area contributed by atoms with E-state index in [1.807, 2.05) is 24.3 Å². The fourth-order valence-corrected chi connectivity index (χ4v) is 4.40. The minimum Gasteiger partial charge on any atom is -0.321 e. The maximum absolute atomic E-state index is 8.64. The molecular weight excluding hydrogens is 419 g/mol. The third-order valence-electron chi connectivity index (χ3n) is 4.39. The number of nitriles is 2. The topological polar surface area (TPSA) is 66.0 Å². The Morgan fingerprint density at radius 3 is 1.31 bits per heavy atom. The largest absolute Gasteiger partial charge is 0.321 e. The number of aryl methyl sites for hydroxylation is 2. The summed E-state index contributed by atoms with van der Waals surface area (Å²) in [4.78, 5) is 0. The Hall–Kier alpha value is -1.66. The SMILES string of the molecule is N#CCCc1ccc(CCOP(=S)(S)OCCc2ccc(CCC#N)cc2)cc1. The zero-order chi connectivity index (χ0) is 21.0. The molecule has 0 saturated carbocycles. The van der Waals surface area contributed by atoms with E-state index in [1.165, 1.54) is 0 Å². The van der Waals surface area contributed by atoms with Crippen LogP contribution in [0.4, 0.5) is 0 Å². The van der Waals surface area contributed by atoms with Gasteiger partial charge in [0.15, 0.2) is 0 Å². The highest BCUT2D eigenvalue weighted by Gasteiger charge is 2.13. The molecule has 0 radical (unpaired) electrons. The molecule has 7 heteroatoms. The summed E-state index contributed by atoms with van der Waals surface area (Å²) in [6, 6.07) is 20.7. The standard InChI is InChI=1S/C22H25N2O2PS2/c23-15-1-3-19-5-9-21(10-6-19)13-17-25-27(28,29)26-18-14-22-11-7-20(8-12-22)4-2-16-24/h5-12H,1-4,13-14,17-18H2,(H,28,29). The molecule has 29 heavy (non-hydrogen) atoms. The van der Waals surface area contributed by atoms with Gasteiger partial charge >= 0.3 is 0 Å². The van der Waals surface area contributed by atoms with Crippen LogP contribution in [0.15, 0.2) is 48.5 Å². The highest BCUT2D eigenvalue weighted by atomic mass is 32.9. The number of hydrogen-bond donors (Lipinski definition) is 1. The number of benzene rings is 2. The van der Waals surface area contributed by atoms with E-state index in [1.54, 1.807) is 0 Å². The molecule has 0 aromatic heterocycles. The van der Waals surface area contributed by atoms with Crippen molar-refractivity contribution in [3.05, 3.63) is 70.8 Å². The van der Waals surface area contributed by atoms with Gasteiger partial charge in [-0.1, -0.05) is 60.8 Å². The third kappa shape index (κ3) is 9.59. The van der Waals surface area contributed by atoms with E-state index in [4.69, 9.17) is 31.4 Å². The van der Waals surface area contributed by atoms with Gasteiger partial charge in [0.25, 0.3) is 0 Å². The summed E-state index contributed by atoms with van der Waals surface area (Å²) in [5, 5.41) is 17.3. The molecule has 0 aliphatic rings. The molecule has 4 nitrogen and oxygen atoms in total. The van der Waals surface area contributed by atoms with Crippen LogP contribution in [0.1, 0.15) is 35.1 Å². The molecule has 0 unspecified atom stereocenters. The van der Waals surface area contributed by atoms with Crippen LogP contribution >= 0.6 is 17.9 Å². The van der Waals surface area contributed by atoms with Crippen molar-refractivity contribution >= 4 is 29.7 Å². The van der Waals surface area contributed by atoms with Gasteiger partial charge in [0.05, 0.1) is 25.4 Å². The van der Waals surface area contributed by atoms with E-state index in [9.17, 15) is 0 Å². The minimum atomic E-state index is -2.56. The van der Waals surface area contributed by atoms with Crippen LogP contribution in [0.3, 0.4) is 0 Å². The number of hydrogen-bond acceptors (Lipinski definition) is 5. The lowest BCUT2D eigenvalue weighted by Crippen LogP contribution is -2.00. The maximum atomic E-state index is 8.64. The Morgan fingerprint density at radius 2 is 1.00 bits per heavy atom. The molecule has 0 spiro atoms. The molecule has 2 aromatic carbocycles. The second-order valence-corrected chi connectivity index (χ2v) is 11.9. The molecule has 0 aliphatic heterocycles. The van der Waals surface area contributed by atoms with Crippen LogP contribution in [-0.2, 0) is 46.5 Å². The summed E-state index contributed by atoms with van der Waals surface area (Å²) in [5.74, 6) is 0. The van der Waals surface area contributed by atoms with Gasteiger partial charge in [-0.25, -0.2) is 0 Å². The van der Waals surface area contributed by atoms with Crippen LogP contribution in [0.2, 0.25) is 0 Å². The number of nitrogens with zero attached hydrogens (tertiary/aromatic N) is 2. The highest BCUT2D eigenvalue weighted by molar-refractivity contribution is 8.60. The lowest BCUT2D eigenvalue weighted by Gasteiger charge is -2.17. The van der Waals surface area contributed by atoms with Crippen molar-refractivity contribution < 1.29 is 9.05 Å². The van der Waals surface area contributed by atoms with Gasteiger partial charge in [-0.3, -0.25) is 0 Å². The fraction of sp³-hybridized carbons (Fsp3) is 0.364. The molecule has 0 fully saturated rings. The monoisotopic (exact) mass is 444 g/mol. The first-order valence-corrected chi connectivity index (χ1v) is 13.3. The van der Waals surface area contributed by atoms with Crippen LogP contribution in [-0.4, -0.2) is 13.2 Å². The van der Waals surface area contributed by atoms with Crippen LogP contribution in [0.5, 0.6) is 0 Å². The molecule has 2 aromatic rings. The van der Waals surface area contributed by atoms with Crippen LogP contribution < -0.4 is 0 Å². The van der Waals surface area contributed by atoms with Gasteiger partial charge in [0.2, 0.25) is 5.69 Å². The van der Waals surface area contributed by atoms with Crippen molar-refractivity contribution in [1.82, 2.24) is 0 Å². The second-order valence-electron chi connectivity index (χ2n) is 6.58. The molecule has 0 bridgehead atoms. The van der Waals surface area contributed by atoms with Gasteiger partial charge in [0.1, 0.15) is 0 Å². The van der Waals surface area contributed by atoms with Crippen molar-refractivity contribution in [2.24, 2.45) is 0 Å². The van der Waals surface area contributed by atoms with Crippen molar-refractivity contribution in [3.63, 3.8) is 0 Å². The minimum absolute atomic E-state index is 0.464. The first-order chi connectivity index (χ1) is 14.0. The molecule has 0 atom stereocenters. The number of thiol groups is 1. The quantitative estimate of drug-likeness (QED) is 0.342. The average molecular weight is 445 g/mol. The van der Waals surface area contributed by atoms with Crippen molar-refractivity contribution in [3.8, 4) is 12.1 Å². The summed E-state index contributed by atoms with van der Waals surface area (Å²) >= 11 is 9.79. The van der Waals surface area contributed by atoms with Crippen molar-refractivity contribution in [2.75, 3.05) is 13.2 Å². The molecule has 0 N–H and O–H groups in total. The summed E-state index contributed by atoms with van der Waals surface area (Å²) in [6.07, 6.45) is 4.11.